The van der Waals surface area contributed by atoms with Gasteiger partial charge < -0.3 is 4.90 Å². The lowest BCUT2D eigenvalue weighted by Gasteiger charge is -2.10. The van der Waals surface area contributed by atoms with E-state index in [0.29, 0.717) is 0 Å². The standard InChI is InChI=1S/C15H17N5/c1-10-12(11-5-7-16-8-6-11)9-13-14(17-10)20(4)18-15(13)19(2)3/h5-9H,1-4H3. The van der Waals surface area contributed by atoms with Crippen LogP contribution in [0, 0.1) is 6.92 Å². The van der Waals surface area contributed by atoms with E-state index in [1.807, 2.05) is 49.8 Å². The smallest absolute Gasteiger partial charge is 0.160 e. The van der Waals surface area contributed by atoms with Gasteiger partial charge in [0.05, 0.1) is 5.39 Å². The average molecular weight is 267 g/mol. The van der Waals surface area contributed by atoms with Gasteiger partial charge in [-0.15, -0.1) is 0 Å². The van der Waals surface area contributed by atoms with Crippen LogP contribution in [0.3, 0.4) is 0 Å². The zero-order valence-electron chi connectivity index (χ0n) is 12.1. The molecule has 0 N–H and O–H groups in total. The normalized spacial score (nSPS) is 11.0. The molecule has 0 amide bonds. The molecule has 3 aromatic rings. The summed E-state index contributed by atoms with van der Waals surface area (Å²) in [4.78, 5) is 10.8. The molecule has 0 atom stereocenters. The van der Waals surface area contributed by atoms with E-state index in [0.717, 1.165) is 33.7 Å². The molecule has 0 spiro atoms. The quantitative estimate of drug-likeness (QED) is 0.715. The lowest BCUT2D eigenvalue weighted by molar-refractivity contribution is 0.778. The van der Waals surface area contributed by atoms with Crippen molar-refractivity contribution in [2.75, 3.05) is 19.0 Å². The summed E-state index contributed by atoms with van der Waals surface area (Å²) >= 11 is 0. The first-order valence-corrected chi connectivity index (χ1v) is 6.50. The predicted molar refractivity (Wildman–Crippen MR) is 80.8 cm³/mol. The minimum absolute atomic E-state index is 0.906. The van der Waals surface area contributed by atoms with E-state index in [-0.39, 0.29) is 0 Å². The third-order valence-corrected chi connectivity index (χ3v) is 3.40. The van der Waals surface area contributed by atoms with Crippen molar-refractivity contribution < 1.29 is 0 Å². The van der Waals surface area contributed by atoms with Crippen LogP contribution in [0.15, 0.2) is 30.6 Å². The van der Waals surface area contributed by atoms with Crippen molar-refractivity contribution in [3.8, 4) is 11.1 Å². The topological polar surface area (TPSA) is 46.8 Å². The molecule has 3 aromatic heterocycles. The summed E-state index contributed by atoms with van der Waals surface area (Å²) in [6, 6.07) is 6.17. The summed E-state index contributed by atoms with van der Waals surface area (Å²) < 4.78 is 1.83. The fourth-order valence-electron chi connectivity index (χ4n) is 2.40. The van der Waals surface area contributed by atoms with E-state index in [1.165, 1.54) is 0 Å². The highest BCUT2D eigenvalue weighted by atomic mass is 15.3. The van der Waals surface area contributed by atoms with Crippen molar-refractivity contribution in [1.82, 2.24) is 19.7 Å². The van der Waals surface area contributed by atoms with Crippen molar-refractivity contribution in [2.24, 2.45) is 7.05 Å². The molecule has 0 unspecified atom stereocenters. The molecule has 3 heterocycles. The molecule has 102 valence electrons. The van der Waals surface area contributed by atoms with Gasteiger partial charge in [0.1, 0.15) is 0 Å². The van der Waals surface area contributed by atoms with Crippen LogP contribution in [0.1, 0.15) is 5.69 Å². The van der Waals surface area contributed by atoms with Crippen molar-refractivity contribution in [3.63, 3.8) is 0 Å². The first-order chi connectivity index (χ1) is 9.58. The lowest BCUT2D eigenvalue weighted by atomic mass is 10.0. The largest absolute Gasteiger partial charge is 0.361 e. The number of fused-ring (bicyclic) bond motifs is 1. The molecule has 0 fully saturated rings. The van der Waals surface area contributed by atoms with E-state index >= 15 is 0 Å². The fourth-order valence-corrected chi connectivity index (χ4v) is 2.40. The van der Waals surface area contributed by atoms with E-state index in [1.54, 1.807) is 12.4 Å². The first kappa shape index (κ1) is 12.6. The SMILES string of the molecule is Cc1nc2c(cc1-c1ccncc1)c(N(C)C)nn2C. The van der Waals surface area contributed by atoms with Gasteiger partial charge in [0, 0.05) is 44.8 Å². The molecule has 5 heteroatoms. The minimum Gasteiger partial charge on any atom is -0.361 e. The maximum atomic E-state index is 4.71. The van der Waals surface area contributed by atoms with Crippen molar-refractivity contribution in [1.29, 1.82) is 0 Å². The summed E-state index contributed by atoms with van der Waals surface area (Å²) in [6.07, 6.45) is 3.60. The molecule has 5 nitrogen and oxygen atoms in total. The van der Waals surface area contributed by atoms with Gasteiger partial charge in [-0.3, -0.25) is 4.98 Å². The average Bonchev–Trinajstić information content (AvgIpc) is 2.76. The number of hydrogen-bond acceptors (Lipinski definition) is 4. The van der Waals surface area contributed by atoms with Crippen LogP contribution in [0.5, 0.6) is 0 Å². The van der Waals surface area contributed by atoms with Crippen LogP contribution in [0.2, 0.25) is 0 Å². The molecule has 0 aliphatic heterocycles. The summed E-state index contributed by atoms with van der Waals surface area (Å²) in [7, 11) is 5.91. The molecule has 0 aromatic carbocycles. The van der Waals surface area contributed by atoms with Gasteiger partial charge in [0.15, 0.2) is 11.5 Å². The summed E-state index contributed by atoms with van der Waals surface area (Å²) in [5.41, 5.74) is 4.15. The Kier molecular flexibility index (Phi) is 2.89. The number of pyridine rings is 2. The Morgan fingerprint density at radius 2 is 1.85 bits per heavy atom. The van der Waals surface area contributed by atoms with Crippen LogP contribution >= 0.6 is 0 Å². The Balaban J connectivity index is 2.30. The molecule has 0 bridgehead atoms. The molecular weight excluding hydrogens is 250 g/mol. The predicted octanol–water partition coefficient (Wildman–Crippen LogP) is 2.40. The van der Waals surface area contributed by atoms with Gasteiger partial charge in [-0.2, -0.15) is 5.10 Å². The Labute approximate surface area is 117 Å². The Bertz CT molecular complexity index is 759. The lowest BCUT2D eigenvalue weighted by Crippen LogP contribution is -2.09. The first-order valence-electron chi connectivity index (χ1n) is 6.50. The third-order valence-electron chi connectivity index (χ3n) is 3.40. The highest BCUT2D eigenvalue weighted by molar-refractivity contribution is 5.92. The number of anilines is 1. The molecule has 0 radical (unpaired) electrons. The van der Waals surface area contributed by atoms with E-state index in [2.05, 4.69) is 16.1 Å². The molecule has 0 aliphatic rings. The maximum absolute atomic E-state index is 4.71. The monoisotopic (exact) mass is 267 g/mol. The summed E-state index contributed by atoms with van der Waals surface area (Å²) in [5, 5.41) is 5.60. The maximum Gasteiger partial charge on any atom is 0.160 e. The number of aromatic nitrogens is 4. The molecule has 0 saturated carbocycles. The molecule has 0 aliphatic carbocycles. The van der Waals surface area contributed by atoms with Crippen LogP contribution in [0.4, 0.5) is 5.82 Å². The zero-order valence-corrected chi connectivity index (χ0v) is 12.1. The van der Waals surface area contributed by atoms with Gasteiger partial charge in [-0.1, -0.05) is 0 Å². The summed E-state index contributed by atoms with van der Waals surface area (Å²) in [5.74, 6) is 0.935. The van der Waals surface area contributed by atoms with Crippen molar-refractivity contribution >= 4 is 16.9 Å². The van der Waals surface area contributed by atoms with Crippen LogP contribution in [-0.2, 0) is 7.05 Å². The van der Waals surface area contributed by atoms with Crippen LogP contribution in [-0.4, -0.2) is 33.8 Å². The third kappa shape index (κ3) is 1.91. The number of nitrogens with zero attached hydrogens (tertiary/aromatic N) is 5. The van der Waals surface area contributed by atoms with Gasteiger partial charge >= 0.3 is 0 Å². The number of aryl methyl sites for hydroxylation is 2. The van der Waals surface area contributed by atoms with E-state index in [4.69, 9.17) is 4.98 Å². The summed E-state index contributed by atoms with van der Waals surface area (Å²) in [6.45, 7) is 2.03. The number of hydrogen-bond donors (Lipinski definition) is 0. The van der Waals surface area contributed by atoms with E-state index < -0.39 is 0 Å². The van der Waals surface area contributed by atoms with Crippen molar-refractivity contribution in [3.05, 3.63) is 36.3 Å². The van der Waals surface area contributed by atoms with Gasteiger partial charge in [0.25, 0.3) is 0 Å². The molecular formula is C15H17N5. The highest BCUT2D eigenvalue weighted by Gasteiger charge is 2.14. The zero-order chi connectivity index (χ0) is 14.3. The van der Waals surface area contributed by atoms with Crippen LogP contribution < -0.4 is 4.90 Å². The molecule has 0 saturated heterocycles. The Hall–Kier alpha value is -2.43. The number of rotatable bonds is 2. The van der Waals surface area contributed by atoms with Gasteiger partial charge in [0.2, 0.25) is 0 Å². The Morgan fingerprint density at radius 1 is 1.15 bits per heavy atom. The second kappa shape index (κ2) is 4.59. The van der Waals surface area contributed by atoms with Crippen LogP contribution in [0.25, 0.3) is 22.2 Å². The molecule has 20 heavy (non-hydrogen) atoms. The Morgan fingerprint density at radius 3 is 2.50 bits per heavy atom. The second-order valence-electron chi connectivity index (χ2n) is 5.07. The fraction of sp³-hybridized carbons (Fsp3) is 0.267. The van der Waals surface area contributed by atoms with Gasteiger partial charge in [-0.05, 0) is 30.7 Å². The van der Waals surface area contributed by atoms with Crippen molar-refractivity contribution in [2.45, 2.75) is 6.92 Å². The molecule has 3 rings (SSSR count). The minimum atomic E-state index is 0.906. The van der Waals surface area contributed by atoms with E-state index in [9.17, 15) is 0 Å². The van der Waals surface area contributed by atoms with Gasteiger partial charge in [-0.25, -0.2) is 9.67 Å². The highest BCUT2D eigenvalue weighted by Crippen LogP contribution is 2.30. The second-order valence-corrected chi connectivity index (χ2v) is 5.07.